The van der Waals surface area contributed by atoms with Crippen LogP contribution in [0.2, 0.25) is 0 Å². The van der Waals surface area contributed by atoms with Gasteiger partial charge in [-0.25, -0.2) is 0 Å². The fraction of sp³-hybridized carbons (Fsp3) is 0.760. The maximum Gasteiger partial charge on any atom is 0.309 e. The minimum absolute atomic E-state index is 0.0344. The predicted molar refractivity (Wildman–Crippen MR) is 115 cm³/mol. The Kier molecular flexibility index (Phi) is 7.78. The maximum atomic E-state index is 12.8. The Morgan fingerprint density at radius 2 is 1.97 bits per heavy atom. The summed E-state index contributed by atoms with van der Waals surface area (Å²) >= 11 is 0. The highest BCUT2D eigenvalue weighted by atomic mass is 16.5. The van der Waals surface area contributed by atoms with E-state index < -0.39 is 6.10 Å². The molecule has 7 atom stereocenters. The highest BCUT2D eigenvalue weighted by Gasteiger charge is 2.42. The summed E-state index contributed by atoms with van der Waals surface area (Å²) in [6.07, 6.45) is 10.6. The first-order valence-corrected chi connectivity index (χ1v) is 11.8. The molecule has 5 heteroatoms. The lowest BCUT2D eigenvalue weighted by Crippen LogP contribution is -2.42. The molecule has 0 spiro atoms. The lowest BCUT2D eigenvalue weighted by molar-refractivity contribution is -0.162. The largest absolute Gasteiger partial charge is 0.462 e. The van der Waals surface area contributed by atoms with Crippen molar-refractivity contribution in [3.8, 4) is 0 Å². The number of ether oxygens (including phenoxy) is 2. The van der Waals surface area contributed by atoms with E-state index in [1.54, 1.807) is 0 Å². The highest BCUT2D eigenvalue weighted by molar-refractivity contribution is 5.72. The third-order valence-electron chi connectivity index (χ3n) is 7.24. The molecule has 0 aromatic rings. The normalized spacial score (nSPS) is 36.1. The minimum atomic E-state index is -0.598. The van der Waals surface area contributed by atoms with E-state index in [2.05, 4.69) is 32.1 Å². The number of allylic oxidation sites excluding steroid dienone is 3. The molecule has 0 radical (unpaired) electrons. The van der Waals surface area contributed by atoms with Crippen molar-refractivity contribution in [1.82, 2.24) is 0 Å². The van der Waals surface area contributed by atoms with Gasteiger partial charge in [-0.15, -0.1) is 0 Å². The van der Waals surface area contributed by atoms with Gasteiger partial charge in [-0.2, -0.15) is 0 Å². The van der Waals surface area contributed by atoms with Crippen LogP contribution in [0.3, 0.4) is 0 Å². The number of cyclic esters (lactones) is 1. The van der Waals surface area contributed by atoms with Crippen molar-refractivity contribution in [3.05, 3.63) is 23.8 Å². The minimum Gasteiger partial charge on any atom is -0.462 e. The number of carbonyl (C=O) groups is 2. The number of carbonyl (C=O) groups excluding carboxylic acids is 2. The molecule has 1 heterocycles. The number of hydrogen-bond acceptors (Lipinski definition) is 5. The van der Waals surface area contributed by atoms with Gasteiger partial charge in [0.25, 0.3) is 0 Å². The van der Waals surface area contributed by atoms with Gasteiger partial charge in [-0.1, -0.05) is 45.9 Å². The fourth-order valence-corrected chi connectivity index (χ4v) is 5.51. The van der Waals surface area contributed by atoms with Crippen molar-refractivity contribution >= 4 is 11.9 Å². The Bertz CT molecular complexity index is 677. The average Bonchev–Trinajstić information content (AvgIpc) is 2.67. The van der Waals surface area contributed by atoms with Gasteiger partial charge in [0.1, 0.15) is 12.2 Å². The van der Waals surface area contributed by atoms with E-state index in [4.69, 9.17) is 9.47 Å². The van der Waals surface area contributed by atoms with E-state index in [9.17, 15) is 14.7 Å². The van der Waals surface area contributed by atoms with Gasteiger partial charge in [0.15, 0.2) is 0 Å². The second kappa shape index (κ2) is 10.1. The van der Waals surface area contributed by atoms with Crippen LogP contribution in [0.4, 0.5) is 0 Å². The Labute approximate surface area is 180 Å². The Hall–Kier alpha value is -1.62. The summed E-state index contributed by atoms with van der Waals surface area (Å²) in [6, 6.07) is 0. The third-order valence-corrected chi connectivity index (χ3v) is 7.24. The van der Waals surface area contributed by atoms with Crippen LogP contribution in [0.15, 0.2) is 23.8 Å². The number of aliphatic hydroxyl groups excluding tert-OH is 1. The molecule has 0 saturated carbocycles. The average molecular weight is 419 g/mol. The summed E-state index contributed by atoms with van der Waals surface area (Å²) in [7, 11) is 0. The molecule has 1 fully saturated rings. The Balaban J connectivity index is 1.74. The van der Waals surface area contributed by atoms with Gasteiger partial charge in [0, 0.05) is 12.3 Å². The van der Waals surface area contributed by atoms with Crippen LogP contribution < -0.4 is 0 Å². The molecule has 1 N–H and O–H groups in total. The number of hydrogen-bond donors (Lipinski definition) is 1. The molecule has 168 valence electrons. The van der Waals surface area contributed by atoms with Crippen LogP contribution in [0.25, 0.3) is 0 Å². The summed E-state index contributed by atoms with van der Waals surface area (Å²) < 4.78 is 11.6. The first kappa shape index (κ1) is 23.1. The summed E-state index contributed by atoms with van der Waals surface area (Å²) in [6.45, 7) is 8.49. The molecular weight excluding hydrogens is 380 g/mol. The van der Waals surface area contributed by atoms with Gasteiger partial charge in [0.05, 0.1) is 18.4 Å². The van der Waals surface area contributed by atoms with Crippen LogP contribution >= 0.6 is 0 Å². The maximum absolute atomic E-state index is 12.8. The van der Waals surface area contributed by atoms with Crippen molar-refractivity contribution in [2.75, 3.05) is 0 Å². The van der Waals surface area contributed by atoms with Crippen molar-refractivity contribution in [3.63, 3.8) is 0 Å². The SMILES string of the molecule is CCC(CC)C(=O)O[C@H]1C[C@@H](C)C=C2C=C[C@H](C)[C@H](CC[C@@H]3C[C@@H](O)CC(=O)O3)[C@H]21. The molecule has 30 heavy (non-hydrogen) atoms. The predicted octanol–water partition coefficient (Wildman–Crippen LogP) is 4.59. The van der Waals surface area contributed by atoms with Crippen molar-refractivity contribution in [1.29, 1.82) is 0 Å². The van der Waals surface area contributed by atoms with E-state index in [-0.39, 0.29) is 42.4 Å². The summed E-state index contributed by atoms with van der Waals surface area (Å²) in [5, 5.41) is 9.92. The van der Waals surface area contributed by atoms with E-state index >= 15 is 0 Å². The second-order valence-corrected chi connectivity index (χ2v) is 9.56. The molecule has 0 unspecified atom stereocenters. The van der Waals surface area contributed by atoms with Crippen LogP contribution in [0, 0.1) is 29.6 Å². The topological polar surface area (TPSA) is 72.8 Å². The lowest BCUT2D eigenvalue weighted by Gasteiger charge is -2.43. The third kappa shape index (κ3) is 5.35. The molecule has 0 aromatic carbocycles. The molecule has 1 saturated heterocycles. The van der Waals surface area contributed by atoms with E-state index in [1.807, 2.05) is 13.8 Å². The Morgan fingerprint density at radius 1 is 1.23 bits per heavy atom. The number of fused-ring (bicyclic) bond motifs is 1. The fourth-order valence-electron chi connectivity index (χ4n) is 5.51. The first-order chi connectivity index (χ1) is 14.3. The molecular formula is C25H38O5. The standard InChI is InChI=1S/C25H38O5/c1-5-17(6-2)25(28)30-22-12-15(3)11-18-8-7-16(4)21(24(18)22)10-9-20-13-19(26)14-23(27)29-20/h7-8,11,15-17,19-22,24,26H,5-6,9-10,12-14H2,1-4H3/t15-,16-,19+,20+,21-,22-,24-/m0/s1. The number of aliphatic hydroxyl groups is 1. The van der Waals surface area contributed by atoms with E-state index in [0.29, 0.717) is 24.2 Å². The first-order valence-electron chi connectivity index (χ1n) is 11.8. The lowest BCUT2D eigenvalue weighted by atomic mass is 9.65. The number of esters is 2. The summed E-state index contributed by atoms with van der Waals surface area (Å²) in [4.78, 5) is 24.5. The molecule has 5 nitrogen and oxygen atoms in total. The van der Waals surface area contributed by atoms with Crippen molar-refractivity contribution in [2.24, 2.45) is 29.6 Å². The summed E-state index contributed by atoms with van der Waals surface area (Å²) in [5.41, 5.74) is 1.28. The van der Waals surface area contributed by atoms with Gasteiger partial charge in [-0.05, 0) is 55.4 Å². The highest BCUT2D eigenvalue weighted by Crippen LogP contribution is 2.45. The van der Waals surface area contributed by atoms with Crippen LogP contribution in [0.5, 0.6) is 0 Å². The van der Waals surface area contributed by atoms with E-state index in [0.717, 1.165) is 32.1 Å². The van der Waals surface area contributed by atoms with Gasteiger partial charge >= 0.3 is 11.9 Å². The van der Waals surface area contributed by atoms with E-state index in [1.165, 1.54) is 5.57 Å². The van der Waals surface area contributed by atoms with Crippen molar-refractivity contribution in [2.45, 2.75) is 91.0 Å². The zero-order chi connectivity index (χ0) is 21.8. The monoisotopic (exact) mass is 418 g/mol. The molecule has 0 bridgehead atoms. The molecule has 1 aliphatic heterocycles. The molecule has 3 aliphatic rings. The van der Waals surface area contributed by atoms with Gasteiger partial charge in [0.2, 0.25) is 0 Å². The second-order valence-electron chi connectivity index (χ2n) is 9.56. The summed E-state index contributed by atoms with van der Waals surface area (Å²) in [5.74, 6) is 0.841. The van der Waals surface area contributed by atoms with Crippen molar-refractivity contribution < 1.29 is 24.2 Å². The van der Waals surface area contributed by atoms with Gasteiger partial charge in [-0.3, -0.25) is 9.59 Å². The molecule has 0 amide bonds. The van der Waals surface area contributed by atoms with Crippen LogP contribution in [-0.4, -0.2) is 35.4 Å². The molecule has 2 aliphatic carbocycles. The molecule has 0 aromatic heterocycles. The Morgan fingerprint density at radius 3 is 2.63 bits per heavy atom. The van der Waals surface area contributed by atoms with Gasteiger partial charge < -0.3 is 14.6 Å². The van der Waals surface area contributed by atoms with Crippen LogP contribution in [0.1, 0.15) is 72.6 Å². The molecule has 3 rings (SSSR count). The number of rotatable bonds is 7. The smallest absolute Gasteiger partial charge is 0.309 e. The zero-order valence-corrected chi connectivity index (χ0v) is 18.9. The quantitative estimate of drug-likeness (QED) is 0.613. The van der Waals surface area contributed by atoms with Crippen LogP contribution in [-0.2, 0) is 19.1 Å². The zero-order valence-electron chi connectivity index (χ0n) is 18.9.